The Balaban J connectivity index is 3.76. The Kier molecular flexibility index (Phi) is 8.44. The second kappa shape index (κ2) is 8.95. The predicted octanol–water partition coefficient (Wildman–Crippen LogP) is -0.431. The van der Waals surface area contributed by atoms with Crippen molar-refractivity contribution in [3.8, 4) is 0 Å². The second-order valence-corrected chi connectivity index (χ2v) is 7.90. The first-order valence-corrected chi connectivity index (χ1v) is 9.47. The Morgan fingerprint density at radius 2 is 1.29 bits per heavy atom. The molecule has 124 valence electrons. The monoisotopic (exact) mass is 346 g/mol. The summed E-state index contributed by atoms with van der Waals surface area (Å²) in [6.07, 6.45) is 1.39. The standard InChI is InChI=1S/C10H18O9S2/c1-17-21(15,16)8-19-10(12)6-4-3-5-9(11)18-7-20(2,13)14/h3-8H2,1-2H3. The van der Waals surface area contributed by atoms with Gasteiger partial charge in [-0.2, -0.15) is 8.42 Å². The van der Waals surface area contributed by atoms with E-state index in [-0.39, 0.29) is 25.7 Å². The van der Waals surface area contributed by atoms with Crippen molar-refractivity contribution in [2.75, 3.05) is 25.2 Å². The van der Waals surface area contributed by atoms with Gasteiger partial charge in [0.2, 0.25) is 5.94 Å². The van der Waals surface area contributed by atoms with Crippen LogP contribution in [-0.4, -0.2) is 54.0 Å². The van der Waals surface area contributed by atoms with Gasteiger partial charge in [0.1, 0.15) is 0 Å². The molecule has 0 fully saturated rings. The van der Waals surface area contributed by atoms with E-state index < -0.39 is 43.8 Å². The third-order valence-electron chi connectivity index (χ3n) is 2.06. The molecule has 0 radical (unpaired) electrons. The Hall–Kier alpha value is -1.20. The van der Waals surface area contributed by atoms with Gasteiger partial charge in [-0.25, -0.2) is 8.42 Å². The third kappa shape index (κ3) is 12.3. The van der Waals surface area contributed by atoms with Gasteiger partial charge in [-0.05, 0) is 12.8 Å². The van der Waals surface area contributed by atoms with Crippen molar-refractivity contribution in [2.24, 2.45) is 0 Å². The maximum absolute atomic E-state index is 11.2. The molecule has 0 aromatic rings. The molecule has 0 N–H and O–H groups in total. The fraction of sp³-hybridized carbons (Fsp3) is 0.800. The molecule has 0 aliphatic heterocycles. The number of rotatable bonds is 10. The van der Waals surface area contributed by atoms with Crippen LogP contribution in [0.3, 0.4) is 0 Å². The number of sulfone groups is 1. The van der Waals surface area contributed by atoms with Crippen LogP contribution in [0.5, 0.6) is 0 Å². The summed E-state index contributed by atoms with van der Waals surface area (Å²) in [6.45, 7) is 0. The van der Waals surface area contributed by atoms with E-state index >= 15 is 0 Å². The molecule has 0 rings (SSSR count). The van der Waals surface area contributed by atoms with Crippen molar-refractivity contribution in [1.29, 1.82) is 0 Å². The highest BCUT2D eigenvalue weighted by atomic mass is 32.2. The first-order chi connectivity index (χ1) is 9.56. The average Bonchev–Trinajstić information content (AvgIpc) is 2.38. The fourth-order valence-electron chi connectivity index (χ4n) is 1.04. The molecular weight excluding hydrogens is 328 g/mol. The highest BCUT2D eigenvalue weighted by Gasteiger charge is 2.13. The minimum absolute atomic E-state index is 0.0425. The normalized spacial score (nSPS) is 11.9. The molecule has 0 aromatic heterocycles. The van der Waals surface area contributed by atoms with Crippen LogP contribution in [-0.2, 0) is 43.2 Å². The van der Waals surface area contributed by atoms with Crippen LogP contribution < -0.4 is 0 Å². The van der Waals surface area contributed by atoms with Crippen LogP contribution in [0.1, 0.15) is 25.7 Å². The molecule has 0 amide bonds. The van der Waals surface area contributed by atoms with Crippen LogP contribution in [0.2, 0.25) is 0 Å². The molecule has 0 spiro atoms. The molecule has 0 aliphatic carbocycles. The minimum atomic E-state index is -3.85. The van der Waals surface area contributed by atoms with Gasteiger partial charge in [0, 0.05) is 19.1 Å². The maximum atomic E-state index is 11.2. The van der Waals surface area contributed by atoms with Crippen LogP contribution in [0, 0.1) is 0 Å². The molecule has 0 bridgehead atoms. The zero-order valence-electron chi connectivity index (χ0n) is 11.7. The lowest BCUT2D eigenvalue weighted by molar-refractivity contribution is -0.143. The lowest BCUT2D eigenvalue weighted by Gasteiger charge is -2.05. The summed E-state index contributed by atoms with van der Waals surface area (Å²) in [5.74, 6) is -2.96. The van der Waals surface area contributed by atoms with Crippen molar-refractivity contribution >= 4 is 31.9 Å². The Morgan fingerprint density at radius 3 is 1.67 bits per heavy atom. The summed E-state index contributed by atoms with van der Waals surface area (Å²) >= 11 is 0. The van der Waals surface area contributed by atoms with Gasteiger partial charge in [0.15, 0.2) is 15.8 Å². The van der Waals surface area contributed by atoms with Crippen molar-refractivity contribution in [1.82, 2.24) is 0 Å². The summed E-state index contributed by atoms with van der Waals surface area (Å²) in [7, 11) is -6.28. The van der Waals surface area contributed by atoms with E-state index in [1.807, 2.05) is 0 Å². The number of esters is 2. The third-order valence-corrected chi connectivity index (χ3v) is 3.52. The van der Waals surface area contributed by atoms with Crippen molar-refractivity contribution in [3.05, 3.63) is 0 Å². The molecule has 0 saturated carbocycles. The minimum Gasteiger partial charge on any atom is -0.449 e. The molecule has 0 heterocycles. The number of ether oxygens (including phenoxy) is 2. The summed E-state index contributed by atoms with van der Waals surface area (Å²) in [5, 5.41) is 0. The fourth-order valence-corrected chi connectivity index (χ4v) is 1.76. The van der Waals surface area contributed by atoms with E-state index in [2.05, 4.69) is 13.7 Å². The van der Waals surface area contributed by atoms with Crippen LogP contribution in [0.15, 0.2) is 0 Å². The molecule has 9 nitrogen and oxygen atoms in total. The van der Waals surface area contributed by atoms with E-state index in [9.17, 15) is 26.4 Å². The van der Waals surface area contributed by atoms with Gasteiger partial charge in [-0.15, -0.1) is 0 Å². The molecule has 21 heavy (non-hydrogen) atoms. The Labute approximate surface area is 123 Å². The smallest absolute Gasteiger partial charge is 0.306 e. The first-order valence-electron chi connectivity index (χ1n) is 5.83. The van der Waals surface area contributed by atoms with Crippen molar-refractivity contribution in [3.63, 3.8) is 0 Å². The van der Waals surface area contributed by atoms with E-state index in [1.54, 1.807) is 0 Å². The quantitative estimate of drug-likeness (QED) is 0.294. The Morgan fingerprint density at radius 1 is 0.857 bits per heavy atom. The number of carbonyl (C=O) groups excluding carboxylic acids is 2. The van der Waals surface area contributed by atoms with Crippen LogP contribution >= 0.6 is 0 Å². The molecule has 11 heteroatoms. The highest BCUT2D eigenvalue weighted by molar-refractivity contribution is 7.90. The Bertz CT molecular complexity index is 547. The van der Waals surface area contributed by atoms with Gasteiger partial charge in [0.05, 0.1) is 7.11 Å². The second-order valence-electron chi connectivity index (χ2n) is 4.13. The van der Waals surface area contributed by atoms with Gasteiger partial charge < -0.3 is 9.47 Å². The molecule has 0 saturated heterocycles. The van der Waals surface area contributed by atoms with Gasteiger partial charge in [0.25, 0.3) is 0 Å². The van der Waals surface area contributed by atoms with E-state index in [0.29, 0.717) is 0 Å². The van der Waals surface area contributed by atoms with E-state index in [0.717, 1.165) is 13.4 Å². The summed E-state index contributed by atoms with van der Waals surface area (Å²) in [5.41, 5.74) is 0. The zero-order chi connectivity index (χ0) is 16.5. The van der Waals surface area contributed by atoms with E-state index in [1.165, 1.54) is 0 Å². The highest BCUT2D eigenvalue weighted by Crippen LogP contribution is 2.04. The SMILES string of the molecule is COS(=O)(=O)COC(=O)CCCCC(=O)OCS(C)(=O)=O. The number of hydrogen-bond acceptors (Lipinski definition) is 9. The molecule has 0 aromatic carbocycles. The largest absolute Gasteiger partial charge is 0.449 e. The molecule has 0 atom stereocenters. The molecular formula is C10H18O9S2. The number of hydrogen-bond donors (Lipinski definition) is 0. The average molecular weight is 346 g/mol. The van der Waals surface area contributed by atoms with Gasteiger partial charge >= 0.3 is 22.1 Å². The molecule has 0 aliphatic rings. The summed E-state index contributed by atoms with van der Waals surface area (Å²) in [6, 6.07) is 0. The molecule has 0 unspecified atom stereocenters. The van der Waals surface area contributed by atoms with Gasteiger partial charge in [-0.1, -0.05) is 0 Å². The predicted molar refractivity (Wildman–Crippen MR) is 71.2 cm³/mol. The van der Waals surface area contributed by atoms with Crippen LogP contribution in [0.4, 0.5) is 0 Å². The van der Waals surface area contributed by atoms with Crippen LogP contribution in [0.25, 0.3) is 0 Å². The summed E-state index contributed by atoms with van der Waals surface area (Å²) < 4.78 is 56.2. The number of unbranched alkanes of at least 4 members (excludes halogenated alkanes) is 1. The lowest BCUT2D eigenvalue weighted by Crippen LogP contribution is -2.15. The number of carbonyl (C=O) groups is 2. The summed E-state index contributed by atoms with van der Waals surface area (Å²) in [4.78, 5) is 22.3. The van der Waals surface area contributed by atoms with Crippen molar-refractivity contribution < 1.29 is 40.1 Å². The maximum Gasteiger partial charge on any atom is 0.306 e. The zero-order valence-corrected chi connectivity index (χ0v) is 13.4. The van der Waals surface area contributed by atoms with E-state index in [4.69, 9.17) is 0 Å². The lowest BCUT2D eigenvalue weighted by atomic mass is 10.2. The van der Waals surface area contributed by atoms with Crippen molar-refractivity contribution in [2.45, 2.75) is 25.7 Å². The first kappa shape index (κ1) is 19.8. The topological polar surface area (TPSA) is 130 Å². The van der Waals surface area contributed by atoms with Gasteiger partial charge in [-0.3, -0.25) is 13.8 Å².